The fourth-order valence-electron chi connectivity index (χ4n) is 4.85. The van der Waals surface area contributed by atoms with Crippen LogP contribution in [-0.2, 0) is 17.9 Å². The van der Waals surface area contributed by atoms with Crippen LogP contribution in [0.4, 0.5) is 0 Å². The maximum Gasteiger partial charge on any atom is 0.262 e. The van der Waals surface area contributed by atoms with Crippen molar-refractivity contribution in [3.8, 4) is 0 Å². The van der Waals surface area contributed by atoms with Gasteiger partial charge in [0.25, 0.3) is 5.56 Å². The van der Waals surface area contributed by atoms with Gasteiger partial charge in [0.1, 0.15) is 13.1 Å². The van der Waals surface area contributed by atoms with Crippen LogP contribution in [0.5, 0.6) is 0 Å². The molecule has 3 N–H and O–H groups in total. The number of hydrogen-bond donors (Lipinski definition) is 2. The van der Waals surface area contributed by atoms with Gasteiger partial charge in [-0.15, -0.1) is 0 Å². The Kier molecular flexibility index (Phi) is 4.76. The van der Waals surface area contributed by atoms with Crippen molar-refractivity contribution in [3.63, 3.8) is 0 Å². The summed E-state index contributed by atoms with van der Waals surface area (Å²) in [5.41, 5.74) is 5.92. The minimum atomic E-state index is -0.508. The van der Waals surface area contributed by atoms with Gasteiger partial charge in [-0.3, -0.25) is 14.2 Å². The van der Waals surface area contributed by atoms with Crippen LogP contribution in [0.3, 0.4) is 0 Å². The second-order valence-electron chi connectivity index (χ2n) is 7.88. The van der Waals surface area contributed by atoms with E-state index in [1.165, 1.54) is 41.6 Å². The highest BCUT2D eigenvalue weighted by Crippen LogP contribution is 2.32. The SMILES string of the molecule is NC(=O)Cn1c(C[NH+]2CC[C@@H]3CCCC[C@@H]3C2)nc2ccccc2c1=O. The first-order chi connectivity index (χ1) is 12.6. The molecule has 0 spiro atoms. The molecule has 26 heavy (non-hydrogen) atoms. The first-order valence-electron chi connectivity index (χ1n) is 9.72. The largest absolute Gasteiger partial charge is 0.368 e. The van der Waals surface area contributed by atoms with E-state index >= 15 is 0 Å². The van der Waals surface area contributed by atoms with Crippen LogP contribution in [-0.4, -0.2) is 28.5 Å². The van der Waals surface area contributed by atoms with Crippen LogP contribution in [0.1, 0.15) is 37.9 Å². The molecule has 6 nitrogen and oxygen atoms in total. The van der Waals surface area contributed by atoms with Crippen molar-refractivity contribution in [2.45, 2.75) is 45.2 Å². The normalized spacial score (nSPS) is 25.8. The highest BCUT2D eigenvalue weighted by molar-refractivity contribution is 5.78. The van der Waals surface area contributed by atoms with E-state index < -0.39 is 5.91 Å². The monoisotopic (exact) mass is 355 g/mol. The zero-order valence-electron chi connectivity index (χ0n) is 15.1. The summed E-state index contributed by atoms with van der Waals surface area (Å²) in [5, 5.41) is 0.540. The fraction of sp³-hybridized carbons (Fsp3) is 0.550. The number of nitrogens with two attached hydrogens (primary N) is 1. The Morgan fingerprint density at radius 1 is 1.19 bits per heavy atom. The molecule has 1 saturated heterocycles. The van der Waals surface area contributed by atoms with Crippen LogP contribution >= 0.6 is 0 Å². The maximum absolute atomic E-state index is 12.9. The van der Waals surface area contributed by atoms with E-state index in [2.05, 4.69) is 0 Å². The number of nitrogens with zero attached hydrogens (tertiary/aromatic N) is 2. The van der Waals surface area contributed by atoms with Crippen molar-refractivity contribution in [2.24, 2.45) is 17.6 Å². The predicted molar refractivity (Wildman–Crippen MR) is 99.7 cm³/mol. The number of aromatic nitrogens is 2. The molecule has 1 unspecified atom stereocenters. The lowest BCUT2D eigenvalue weighted by Crippen LogP contribution is -3.12. The number of fused-ring (bicyclic) bond motifs is 2. The number of carbonyl (C=O) groups excluding carboxylic acids is 1. The van der Waals surface area contributed by atoms with Crippen molar-refractivity contribution < 1.29 is 9.69 Å². The van der Waals surface area contributed by atoms with E-state index in [9.17, 15) is 9.59 Å². The van der Waals surface area contributed by atoms with Gasteiger partial charge in [0, 0.05) is 5.92 Å². The third-order valence-electron chi connectivity index (χ3n) is 6.15. The summed E-state index contributed by atoms with van der Waals surface area (Å²) in [6, 6.07) is 7.32. The van der Waals surface area contributed by atoms with Gasteiger partial charge in [0.15, 0.2) is 5.82 Å². The Hall–Kier alpha value is -2.21. The Labute approximate surface area is 153 Å². The number of hydrogen-bond acceptors (Lipinski definition) is 3. The van der Waals surface area contributed by atoms with Gasteiger partial charge in [-0.05, 0) is 37.3 Å². The summed E-state index contributed by atoms with van der Waals surface area (Å²) in [6.45, 7) is 2.83. The lowest BCUT2D eigenvalue weighted by molar-refractivity contribution is -0.924. The van der Waals surface area contributed by atoms with E-state index in [1.54, 1.807) is 6.07 Å². The number of likely N-dealkylation sites (tertiary alicyclic amines) is 1. The molecular formula is C20H27N4O2+. The molecule has 0 bridgehead atoms. The predicted octanol–water partition coefficient (Wildman–Crippen LogP) is 0.477. The molecule has 1 saturated carbocycles. The zero-order valence-corrected chi connectivity index (χ0v) is 15.1. The Morgan fingerprint density at radius 3 is 2.77 bits per heavy atom. The maximum atomic E-state index is 12.9. The molecule has 4 rings (SSSR count). The molecule has 2 aromatic rings. The van der Waals surface area contributed by atoms with Crippen LogP contribution in [0.15, 0.2) is 29.1 Å². The summed E-state index contributed by atoms with van der Waals surface area (Å²) in [7, 11) is 0. The molecular weight excluding hydrogens is 328 g/mol. The topological polar surface area (TPSA) is 82.4 Å². The van der Waals surface area contributed by atoms with Gasteiger partial charge in [-0.2, -0.15) is 0 Å². The standard InChI is InChI=1S/C20H26N4O2/c21-18(25)12-24-19(22-17-8-4-3-7-16(17)20(24)26)13-23-10-9-14-5-1-2-6-15(14)11-23/h3-4,7-8,14-15H,1-2,5-6,9-13H2,(H2,21,25)/p+1/t14-,15+/m0/s1. The van der Waals surface area contributed by atoms with Crippen molar-refractivity contribution in [3.05, 3.63) is 40.4 Å². The van der Waals surface area contributed by atoms with Crippen molar-refractivity contribution in [1.82, 2.24) is 9.55 Å². The third-order valence-corrected chi connectivity index (χ3v) is 6.15. The Bertz CT molecular complexity index is 876. The lowest BCUT2D eigenvalue weighted by atomic mass is 9.75. The number of amides is 1. The molecule has 1 aliphatic carbocycles. The molecule has 3 atom stereocenters. The molecule has 6 heteroatoms. The molecule has 1 aromatic heterocycles. The summed E-state index contributed by atoms with van der Waals surface area (Å²) in [4.78, 5) is 30.6. The quantitative estimate of drug-likeness (QED) is 0.837. The molecule has 1 amide bonds. The van der Waals surface area contributed by atoms with Gasteiger partial charge in [0.05, 0.1) is 24.0 Å². The zero-order chi connectivity index (χ0) is 18.1. The first-order valence-corrected chi connectivity index (χ1v) is 9.72. The van der Waals surface area contributed by atoms with E-state index in [0.29, 0.717) is 23.3 Å². The Balaban J connectivity index is 1.64. The number of piperidine rings is 1. The summed E-state index contributed by atoms with van der Waals surface area (Å²) in [6.07, 6.45) is 6.68. The minimum absolute atomic E-state index is 0.106. The average molecular weight is 355 g/mol. The van der Waals surface area contributed by atoms with Crippen molar-refractivity contribution in [2.75, 3.05) is 13.1 Å². The summed E-state index contributed by atoms with van der Waals surface area (Å²) >= 11 is 0. The summed E-state index contributed by atoms with van der Waals surface area (Å²) < 4.78 is 1.48. The fourth-order valence-corrected chi connectivity index (χ4v) is 4.85. The highest BCUT2D eigenvalue weighted by Gasteiger charge is 2.34. The van der Waals surface area contributed by atoms with Gasteiger partial charge in [-0.1, -0.05) is 25.0 Å². The highest BCUT2D eigenvalue weighted by atomic mass is 16.2. The average Bonchev–Trinajstić information content (AvgIpc) is 2.64. The van der Waals surface area contributed by atoms with E-state index in [-0.39, 0.29) is 12.1 Å². The smallest absolute Gasteiger partial charge is 0.262 e. The van der Waals surface area contributed by atoms with Crippen molar-refractivity contribution in [1.29, 1.82) is 0 Å². The number of nitrogens with one attached hydrogen (secondary N) is 1. The van der Waals surface area contributed by atoms with Gasteiger partial charge < -0.3 is 10.6 Å². The molecule has 1 aromatic carbocycles. The second kappa shape index (κ2) is 7.19. The molecule has 2 aliphatic rings. The molecule has 2 heterocycles. The number of benzene rings is 1. The first kappa shape index (κ1) is 17.2. The van der Waals surface area contributed by atoms with Crippen LogP contribution < -0.4 is 16.2 Å². The molecule has 138 valence electrons. The number of quaternary nitrogens is 1. The molecule has 1 aliphatic heterocycles. The van der Waals surface area contributed by atoms with E-state index in [1.807, 2.05) is 18.2 Å². The van der Waals surface area contributed by atoms with Crippen LogP contribution in [0.2, 0.25) is 0 Å². The third kappa shape index (κ3) is 3.38. The number of primary amides is 1. The Morgan fingerprint density at radius 2 is 1.96 bits per heavy atom. The van der Waals surface area contributed by atoms with Gasteiger partial charge in [-0.25, -0.2) is 4.98 Å². The van der Waals surface area contributed by atoms with Gasteiger partial charge >= 0.3 is 0 Å². The number of carbonyl (C=O) groups is 1. The van der Waals surface area contributed by atoms with Crippen molar-refractivity contribution >= 4 is 16.8 Å². The minimum Gasteiger partial charge on any atom is -0.368 e. The van der Waals surface area contributed by atoms with Gasteiger partial charge in [0.2, 0.25) is 5.91 Å². The summed E-state index contributed by atoms with van der Waals surface area (Å²) in [5.74, 6) is 1.84. The van der Waals surface area contributed by atoms with Crippen LogP contribution in [0, 0.1) is 11.8 Å². The number of rotatable bonds is 4. The molecule has 0 radical (unpaired) electrons. The van der Waals surface area contributed by atoms with E-state index in [4.69, 9.17) is 10.7 Å². The lowest BCUT2D eigenvalue weighted by Gasteiger charge is -2.38. The van der Waals surface area contributed by atoms with E-state index in [0.717, 1.165) is 24.9 Å². The number of para-hydroxylation sites is 1. The second-order valence-corrected chi connectivity index (χ2v) is 7.88. The van der Waals surface area contributed by atoms with Crippen LogP contribution in [0.25, 0.3) is 10.9 Å². The molecule has 2 fully saturated rings.